The minimum Gasteiger partial charge on any atom is -0.493 e. The van der Waals surface area contributed by atoms with E-state index < -0.39 is 5.97 Å². The van der Waals surface area contributed by atoms with E-state index in [-0.39, 0.29) is 5.69 Å². The van der Waals surface area contributed by atoms with Crippen LogP contribution < -0.4 is 9.47 Å². The van der Waals surface area contributed by atoms with Gasteiger partial charge in [0.2, 0.25) is 0 Å². The molecule has 8 heteroatoms. The monoisotopic (exact) mass is 404 g/mol. The summed E-state index contributed by atoms with van der Waals surface area (Å²) in [6, 6.07) is 3.45. The average molecular weight is 406 g/mol. The van der Waals surface area contributed by atoms with Gasteiger partial charge in [-0.1, -0.05) is 0 Å². The fourth-order valence-corrected chi connectivity index (χ4v) is 2.75. The first-order valence-corrected chi connectivity index (χ1v) is 6.97. The van der Waals surface area contributed by atoms with Crippen LogP contribution in [0.3, 0.4) is 0 Å². The molecule has 6 nitrogen and oxygen atoms in total. The Balaban J connectivity index is 2.61. The van der Waals surface area contributed by atoms with Crippen LogP contribution in [0.4, 0.5) is 0 Å². The topological polar surface area (TPSA) is 84.4 Å². The number of carbonyl (C=O) groups is 1. The number of hydrogen-bond acceptors (Lipinski definition) is 4. The lowest BCUT2D eigenvalue weighted by Gasteiger charge is -2.10. The lowest BCUT2D eigenvalue weighted by Crippen LogP contribution is -1.97. The van der Waals surface area contributed by atoms with Crippen molar-refractivity contribution in [1.29, 1.82) is 0 Å². The second kappa shape index (κ2) is 5.84. The highest BCUT2D eigenvalue weighted by Gasteiger charge is 2.20. The molecule has 0 aliphatic heterocycles. The molecule has 0 fully saturated rings. The Morgan fingerprint density at radius 1 is 1.25 bits per heavy atom. The number of rotatable bonds is 4. The minimum atomic E-state index is -1.09. The summed E-state index contributed by atoms with van der Waals surface area (Å²) in [6.07, 6.45) is 0. The first-order chi connectivity index (χ1) is 9.49. The van der Waals surface area contributed by atoms with Crippen molar-refractivity contribution in [3.8, 4) is 22.8 Å². The van der Waals surface area contributed by atoms with Crippen LogP contribution >= 0.6 is 31.9 Å². The Morgan fingerprint density at radius 3 is 2.35 bits per heavy atom. The van der Waals surface area contributed by atoms with Crippen molar-refractivity contribution >= 4 is 37.8 Å². The Morgan fingerprint density at radius 2 is 1.85 bits per heavy atom. The standard InChI is InChI=1S/C12H10Br2N2O4/c1-19-7-3-5(6(13)4-8(7)20-2)10-9(14)11(12(17)18)16-15-10/h3-4H,1-2H3,(H,15,16)(H,17,18). The van der Waals surface area contributed by atoms with Gasteiger partial charge in [0.05, 0.1) is 18.7 Å². The molecule has 1 aromatic carbocycles. The summed E-state index contributed by atoms with van der Waals surface area (Å²) in [5.41, 5.74) is 1.13. The molecular formula is C12H10Br2N2O4. The predicted molar refractivity (Wildman–Crippen MR) is 79.5 cm³/mol. The van der Waals surface area contributed by atoms with Crippen LogP contribution in [0.15, 0.2) is 21.1 Å². The van der Waals surface area contributed by atoms with Gasteiger partial charge in [-0.2, -0.15) is 5.10 Å². The van der Waals surface area contributed by atoms with Crippen molar-refractivity contribution in [2.24, 2.45) is 0 Å². The molecule has 2 rings (SSSR count). The van der Waals surface area contributed by atoms with E-state index in [9.17, 15) is 4.79 Å². The van der Waals surface area contributed by atoms with E-state index in [1.54, 1.807) is 12.1 Å². The Bertz CT molecular complexity index is 670. The number of ether oxygens (including phenoxy) is 2. The van der Waals surface area contributed by atoms with Crippen molar-refractivity contribution in [1.82, 2.24) is 10.2 Å². The minimum absolute atomic E-state index is 0.0123. The number of aromatic nitrogens is 2. The molecule has 0 aliphatic carbocycles. The summed E-state index contributed by atoms with van der Waals surface area (Å²) in [7, 11) is 3.06. The van der Waals surface area contributed by atoms with Crippen molar-refractivity contribution in [3.63, 3.8) is 0 Å². The van der Waals surface area contributed by atoms with Crippen LogP contribution in [0.2, 0.25) is 0 Å². The number of H-pyrrole nitrogens is 1. The van der Waals surface area contributed by atoms with Gasteiger partial charge >= 0.3 is 5.97 Å². The highest BCUT2D eigenvalue weighted by Crippen LogP contribution is 2.40. The number of aromatic amines is 1. The summed E-state index contributed by atoms with van der Waals surface area (Å²) >= 11 is 6.65. The fourth-order valence-electron chi connectivity index (χ4n) is 1.68. The summed E-state index contributed by atoms with van der Waals surface area (Å²) in [6.45, 7) is 0. The summed E-state index contributed by atoms with van der Waals surface area (Å²) in [5, 5.41) is 15.5. The number of benzene rings is 1. The molecule has 0 amide bonds. The van der Waals surface area contributed by atoms with Gasteiger partial charge in [-0.3, -0.25) is 5.10 Å². The number of carboxylic acid groups (broad SMARTS) is 1. The molecule has 0 bridgehead atoms. The quantitative estimate of drug-likeness (QED) is 0.814. The molecule has 0 unspecified atom stereocenters. The summed E-state index contributed by atoms with van der Waals surface area (Å²) in [5.74, 6) is -0.00191. The average Bonchev–Trinajstić information content (AvgIpc) is 2.80. The zero-order chi connectivity index (χ0) is 14.9. The maximum Gasteiger partial charge on any atom is 0.355 e. The molecule has 0 aliphatic rings. The third kappa shape index (κ3) is 2.53. The molecule has 0 spiro atoms. The van der Waals surface area contributed by atoms with Crippen LogP contribution in [-0.2, 0) is 0 Å². The van der Waals surface area contributed by atoms with Crippen LogP contribution in [0.1, 0.15) is 10.5 Å². The van der Waals surface area contributed by atoms with E-state index in [0.29, 0.717) is 31.7 Å². The molecule has 0 atom stereocenters. The van der Waals surface area contributed by atoms with E-state index >= 15 is 0 Å². The number of methoxy groups -OCH3 is 2. The zero-order valence-corrected chi connectivity index (χ0v) is 13.7. The van der Waals surface area contributed by atoms with Crippen LogP contribution in [0.5, 0.6) is 11.5 Å². The Labute approximate surface area is 131 Å². The number of halogens is 2. The molecule has 0 saturated heterocycles. The third-order valence-corrected chi connectivity index (χ3v) is 4.08. The van der Waals surface area contributed by atoms with Crippen molar-refractivity contribution in [2.45, 2.75) is 0 Å². The molecular weight excluding hydrogens is 396 g/mol. The SMILES string of the molecule is COc1cc(Br)c(-c2n[nH]c(C(=O)O)c2Br)cc1OC. The maximum atomic E-state index is 11.0. The van der Waals surface area contributed by atoms with Gasteiger partial charge in [-0.05, 0) is 44.0 Å². The third-order valence-electron chi connectivity index (χ3n) is 2.65. The largest absolute Gasteiger partial charge is 0.493 e. The van der Waals surface area contributed by atoms with Crippen molar-refractivity contribution in [2.75, 3.05) is 14.2 Å². The number of carboxylic acids is 1. The van der Waals surface area contributed by atoms with Gasteiger partial charge in [0.1, 0.15) is 5.69 Å². The number of nitrogens with one attached hydrogen (secondary N) is 1. The zero-order valence-electron chi connectivity index (χ0n) is 10.5. The molecule has 20 heavy (non-hydrogen) atoms. The van der Waals surface area contributed by atoms with E-state index in [1.165, 1.54) is 14.2 Å². The molecule has 0 saturated carbocycles. The summed E-state index contributed by atoms with van der Waals surface area (Å²) in [4.78, 5) is 11.0. The van der Waals surface area contributed by atoms with E-state index in [0.717, 1.165) is 0 Å². The molecule has 2 N–H and O–H groups in total. The van der Waals surface area contributed by atoms with Gasteiger partial charge in [-0.25, -0.2) is 4.79 Å². The van der Waals surface area contributed by atoms with Crippen molar-refractivity contribution in [3.05, 3.63) is 26.8 Å². The lowest BCUT2D eigenvalue weighted by atomic mass is 10.1. The predicted octanol–water partition coefficient (Wildman–Crippen LogP) is 3.32. The highest BCUT2D eigenvalue weighted by molar-refractivity contribution is 9.11. The fraction of sp³-hybridized carbons (Fsp3) is 0.167. The van der Waals surface area contributed by atoms with Crippen LogP contribution in [-0.4, -0.2) is 35.5 Å². The Kier molecular flexibility index (Phi) is 4.34. The summed E-state index contributed by atoms with van der Waals surface area (Å²) < 4.78 is 11.5. The van der Waals surface area contributed by atoms with Crippen LogP contribution in [0.25, 0.3) is 11.3 Å². The first-order valence-electron chi connectivity index (χ1n) is 5.38. The van der Waals surface area contributed by atoms with Crippen LogP contribution in [0, 0.1) is 0 Å². The number of aromatic carboxylic acids is 1. The number of hydrogen-bond donors (Lipinski definition) is 2. The Hall–Kier alpha value is -1.54. The van der Waals surface area contributed by atoms with E-state index in [2.05, 4.69) is 42.1 Å². The van der Waals surface area contributed by atoms with Gasteiger partial charge in [0.15, 0.2) is 17.2 Å². The normalized spacial score (nSPS) is 10.4. The molecule has 2 aromatic rings. The second-order valence-corrected chi connectivity index (χ2v) is 5.40. The lowest BCUT2D eigenvalue weighted by molar-refractivity contribution is 0.0689. The molecule has 106 valence electrons. The number of nitrogens with zero attached hydrogens (tertiary/aromatic N) is 1. The highest BCUT2D eigenvalue weighted by atomic mass is 79.9. The van der Waals surface area contributed by atoms with E-state index in [1.807, 2.05) is 0 Å². The molecule has 0 radical (unpaired) electrons. The van der Waals surface area contributed by atoms with Gasteiger partial charge in [-0.15, -0.1) is 0 Å². The molecule has 1 aromatic heterocycles. The van der Waals surface area contributed by atoms with Gasteiger partial charge in [0, 0.05) is 10.0 Å². The second-order valence-electron chi connectivity index (χ2n) is 3.75. The smallest absolute Gasteiger partial charge is 0.355 e. The van der Waals surface area contributed by atoms with E-state index in [4.69, 9.17) is 14.6 Å². The first kappa shape index (κ1) is 14.9. The maximum absolute atomic E-state index is 11.0. The molecule has 1 heterocycles. The van der Waals surface area contributed by atoms with Crippen molar-refractivity contribution < 1.29 is 19.4 Å². The van der Waals surface area contributed by atoms with Gasteiger partial charge in [0.25, 0.3) is 0 Å². The van der Waals surface area contributed by atoms with Gasteiger partial charge < -0.3 is 14.6 Å².